The fourth-order valence-electron chi connectivity index (χ4n) is 5.27. The number of aromatic nitrogens is 3. The van der Waals surface area contributed by atoms with Crippen molar-refractivity contribution in [2.24, 2.45) is 10.2 Å². The third kappa shape index (κ3) is 9.36. The van der Waals surface area contributed by atoms with E-state index < -0.39 is 49.2 Å². The molecule has 17 nitrogen and oxygen atoms in total. The number of aromatic hydroxyl groups is 1. The predicted molar refractivity (Wildman–Crippen MR) is 191 cm³/mol. The normalized spacial score (nSPS) is 12.9. The number of halogens is 1. The lowest BCUT2D eigenvalue weighted by Gasteiger charge is -2.17. The zero-order valence-corrected chi connectivity index (χ0v) is 30.4. The van der Waals surface area contributed by atoms with E-state index in [1.807, 2.05) is 13.0 Å². The molecule has 5 aromatic rings. The maximum Gasteiger partial charge on any atom is 0.397 e. The first kappa shape index (κ1) is 38.5. The van der Waals surface area contributed by atoms with E-state index in [1.54, 1.807) is 50.2 Å². The molecule has 0 aliphatic carbocycles. The standard InChI is InChI=1S/C31H32FN7O10S3/c1-17-13-18(2)22-7-8-25(28(24(22)14-17)51(42,43)44)37-38-26-19(3)15-20-16-21(5-6-23(20)27(26)40)33-30-34-29(32)35-31(36-30)39(4)9-12-50(41)48-10-11-49-52(45,46)47/h5-8,13-16,40H,9-12H2,1-4H3,(H,42,43,44)(H,45,46,47)(H,33,34,35,36). The number of rotatable bonds is 14. The topological polar surface area (TPSA) is 243 Å². The molecular formula is C31H32FN7O10S3. The number of azo groups is 1. The summed E-state index contributed by atoms with van der Waals surface area (Å²) in [6.45, 7) is 4.42. The molecule has 4 aromatic carbocycles. The second-order valence-electron chi connectivity index (χ2n) is 11.4. The molecule has 0 saturated heterocycles. The molecule has 0 amide bonds. The monoisotopic (exact) mass is 777 g/mol. The summed E-state index contributed by atoms with van der Waals surface area (Å²) in [5.74, 6) is -0.583. The van der Waals surface area contributed by atoms with Crippen LogP contribution >= 0.6 is 0 Å². The van der Waals surface area contributed by atoms with Crippen molar-refractivity contribution in [1.82, 2.24) is 15.0 Å². The fourth-order valence-corrected chi connectivity index (χ4v) is 7.16. The highest BCUT2D eigenvalue weighted by molar-refractivity contribution is 7.86. The number of nitrogens with one attached hydrogen (secondary N) is 1. The van der Waals surface area contributed by atoms with Crippen molar-refractivity contribution in [2.45, 2.75) is 25.7 Å². The Labute approximate surface area is 299 Å². The van der Waals surface area contributed by atoms with E-state index in [9.17, 15) is 35.1 Å². The number of phenols is 1. The predicted octanol–water partition coefficient (Wildman–Crippen LogP) is 5.29. The number of phenolic OH excluding ortho intramolecular Hbond substituents is 1. The van der Waals surface area contributed by atoms with E-state index >= 15 is 0 Å². The molecule has 0 saturated carbocycles. The van der Waals surface area contributed by atoms with Crippen molar-refractivity contribution in [2.75, 3.05) is 42.8 Å². The molecule has 0 spiro atoms. The van der Waals surface area contributed by atoms with E-state index in [0.29, 0.717) is 32.8 Å². The van der Waals surface area contributed by atoms with Crippen molar-refractivity contribution in [1.29, 1.82) is 0 Å². The molecule has 0 aliphatic rings. The number of benzene rings is 4. The van der Waals surface area contributed by atoms with Gasteiger partial charge >= 0.3 is 16.5 Å². The summed E-state index contributed by atoms with van der Waals surface area (Å²) in [5.41, 5.74) is 2.46. The van der Waals surface area contributed by atoms with E-state index in [1.165, 1.54) is 18.0 Å². The molecule has 4 N–H and O–H groups in total. The van der Waals surface area contributed by atoms with Gasteiger partial charge in [0.1, 0.15) is 16.3 Å². The van der Waals surface area contributed by atoms with Crippen LogP contribution in [-0.2, 0) is 40.0 Å². The lowest BCUT2D eigenvalue weighted by atomic mass is 10.0. The van der Waals surface area contributed by atoms with Gasteiger partial charge in [0.15, 0.2) is 16.8 Å². The lowest BCUT2D eigenvalue weighted by molar-refractivity contribution is 0.212. The maximum absolute atomic E-state index is 14.4. The molecule has 0 aliphatic heterocycles. The van der Waals surface area contributed by atoms with E-state index in [-0.39, 0.29) is 47.9 Å². The van der Waals surface area contributed by atoms with Crippen LogP contribution in [0.2, 0.25) is 0 Å². The molecule has 1 heterocycles. The minimum Gasteiger partial charge on any atom is -0.505 e. The summed E-state index contributed by atoms with van der Waals surface area (Å²) >= 11 is -1.87. The molecule has 276 valence electrons. The van der Waals surface area contributed by atoms with Crippen LogP contribution in [0.15, 0.2) is 63.7 Å². The van der Waals surface area contributed by atoms with Crippen LogP contribution in [0.4, 0.5) is 33.3 Å². The van der Waals surface area contributed by atoms with Gasteiger partial charge in [-0.2, -0.15) is 36.2 Å². The third-order valence-electron chi connectivity index (χ3n) is 7.53. The van der Waals surface area contributed by atoms with Crippen LogP contribution in [-0.4, -0.2) is 82.8 Å². The number of aryl methyl sites for hydroxylation is 3. The Morgan fingerprint density at radius 2 is 1.63 bits per heavy atom. The molecule has 1 atom stereocenters. The Bertz CT molecular complexity index is 2470. The van der Waals surface area contributed by atoms with E-state index in [0.717, 1.165) is 11.1 Å². The Kier molecular flexibility index (Phi) is 11.4. The molecule has 1 aromatic heterocycles. The highest BCUT2D eigenvalue weighted by Crippen LogP contribution is 2.41. The molecule has 21 heteroatoms. The fraction of sp³-hybridized carbons (Fsp3) is 0.258. The second kappa shape index (κ2) is 15.5. The first-order chi connectivity index (χ1) is 24.4. The van der Waals surface area contributed by atoms with Crippen molar-refractivity contribution < 1.29 is 48.0 Å². The van der Waals surface area contributed by atoms with Crippen LogP contribution in [0.5, 0.6) is 5.75 Å². The van der Waals surface area contributed by atoms with Gasteiger partial charge in [0.25, 0.3) is 10.1 Å². The maximum atomic E-state index is 14.4. The van der Waals surface area contributed by atoms with Crippen molar-refractivity contribution >= 4 is 82.1 Å². The van der Waals surface area contributed by atoms with E-state index in [2.05, 4.69) is 34.7 Å². The van der Waals surface area contributed by atoms with E-state index in [4.69, 9.17) is 8.74 Å². The largest absolute Gasteiger partial charge is 0.505 e. The summed E-state index contributed by atoms with van der Waals surface area (Å²) in [6, 6.07) is 13.1. The van der Waals surface area contributed by atoms with Crippen LogP contribution in [0.1, 0.15) is 16.7 Å². The van der Waals surface area contributed by atoms with Gasteiger partial charge in [-0.1, -0.05) is 17.7 Å². The Hall–Kier alpha value is -4.77. The molecule has 5 rings (SSSR count). The number of hydrogen-bond donors (Lipinski definition) is 4. The molecule has 1 unspecified atom stereocenters. The number of anilines is 3. The zero-order chi connectivity index (χ0) is 38.0. The average Bonchev–Trinajstić information content (AvgIpc) is 3.03. The van der Waals surface area contributed by atoms with Gasteiger partial charge in [0, 0.05) is 30.1 Å². The van der Waals surface area contributed by atoms with Gasteiger partial charge in [-0.25, -0.2) is 8.39 Å². The van der Waals surface area contributed by atoms with Gasteiger partial charge in [-0.15, -0.1) is 10.2 Å². The number of nitrogens with zero attached hydrogens (tertiary/aromatic N) is 6. The number of fused-ring (bicyclic) bond motifs is 2. The van der Waals surface area contributed by atoms with Crippen molar-refractivity contribution in [3.05, 3.63) is 71.3 Å². The zero-order valence-electron chi connectivity index (χ0n) is 27.9. The van der Waals surface area contributed by atoms with Crippen molar-refractivity contribution in [3.8, 4) is 5.75 Å². The Morgan fingerprint density at radius 1 is 0.904 bits per heavy atom. The third-order valence-corrected chi connectivity index (χ3v) is 9.88. The van der Waals surface area contributed by atoms with Crippen molar-refractivity contribution in [3.63, 3.8) is 0 Å². The molecular weight excluding hydrogens is 746 g/mol. The van der Waals surface area contributed by atoms with Gasteiger partial charge in [-0.3, -0.25) is 13.3 Å². The van der Waals surface area contributed by atoms with Gasteiger partial charge < -0.3 is 15.3 Å². The van der Waals surface area contributed by atoms with Crippen LogP contribution in [0, 0.1) is 26.8 Å². The van der Waals surface area contributed by atoms with Crippen LogP contribution in [0.25, 0.3) is 21.5 Å². The Morgan fingerprint density at radius 3 is 2.35 bits per heavy atom. The minimum atomic E-state index is -4.71. The SMILES string of the molecule is Cc1cc(C)c2ccc(N=Nc3c(C)cc4cc(Nc5nc(F)nc(N(C)CCS(=O)OCCOS(=O)(=O)O)n5)ccc4c3O)c(S(=O)(=O)O)c2c1. The highest BCUT2D eigenvalue weighted by Gasteiger charge is 2.21. The molecule has 0 radical (unpaired) electrons. The minimum absolute atomic E-state index is 0.0419. The second-order valence-corrected chi connectivity index (χ2v) is 15.1. The molecule has 0 fully saturated rings. The lowest BCUT2D eigenvalue weighted by Crippen LogP contribution is -2.27. The molecule has 52 heavy (non-hydrogen) atoms. The van der Waals surface area contributed by atoms with Crippen LogP contribution in [0.3, 0.4) is 0 Å². The first-order valence-corrected chi connectivity index (χ1v) is 19.2. The molecule has 0 bridgehead atoms. The Balaban J connectivity index is 1.34. The van der Waals surface area contributed by atoms with Crippen LogP contribution < -0.4 is 10.2 Å². The quantitative estimate of drug-likeness (QED) is 0.0636. The summed E-state index contributed by atoms with van der Waals surface area (Å²) in [7, 11) is -7.85. The number of hydrogen-bond acceptors (Lipinski definition) is 15. The summed E-state index contributed by atoms with van der Waals surface area (Å²) in [6.07, 6.45) is -1.10. The highest BCUT2D eigenvalue weighted by atomic mass is 32.3. The smallest absolute Gasteiger partial charge is 0.397 e. The van der Waals surface area contributed by atoms with Gasteiger partial charge in [0.2, 0.25) is 11.9 Å². The average molecular weight is 778 g/mol. The summed E-state index contributed by atoms with van der Waals surface area (Å²) in [4.78, 5) is 12.5. The first-order valence-electron chi connectivity index (χ1n) is 15.1. The van der Waals surface area contributed by atoms with Gasteiger partial charge in [-0.05, 0) is 79.1 Å². The van der Waals surface area contributed by atoms with Gasteiger partial charge in [0.05, 0.1) is 19.0 Å². The summed E-state index contributed by atoms with van der Waals surface area (Å²) in [5, 5.41) is 24.2. The summed E-state index contributed by atoms with van der Waals surface area (Å²) < 4.78 is 100.